The van der Waals surface area contributed by atoms with Gasteiger partial charge in [-0.1, -0.05) is 0 Å². The van der Waals surface area contributed by atoms with Crippen molar-refractivity contribution in [1.29, 1.82) is 0 Å². The van der Waals surface area contributed by atoms with Crippen molar-refractivity contribution in [3.05, 3.63) is 0 Å². The highest BCUT2D eigenvalue weighted by Crippen LogP contribution is 2.64. The lowest BCUT2D eigenvalue weighted by atomic mass is 9.46. The number of hydrogen-bond donors (Lipinski definition) is 1. The normalized spacial score (nSPS) is 47.0. The molecule has 4 atom stereocenters. The molecule has 4 aliphatic carbocycles. The maximum atomic E-state index is 12.9. The van der Waals surface area contributed by atoms with Crippen LogP contribution in [0.15, 0.2) is 0 Å². The van der Waals surface area contributed by atoms with Gasteiger partial charge in [-0.05, 0) is 43.4 Å². The van der Waals surface area contributed by atoms with Gasteiger partial charge in [0.25, 0.3) is 5.92 Å². The zero-order chi connectivity index (χ0) is 14.6. The second-order valence-corrected chi connectivity index (χ2v) is 7.68. The van der Waals surface area contributed by atoms with Crippen molar-refractivity contribution in [2.24, 2.45) is 11.3 Å². The Balaban J connectivity index is 1.73. The van der Waals surface area contributed by atoms with E-state index in [9.17, 15) is 13.9 Å². The van der Waals surface area contributed by atoms with E-state index < -0.39 is 18.1 Å². The lowest BCUT2D eigenvalue weighted by Gasteiger charge is -2.64. The molecular weight excluding hydrogens is 266 g/mol. The topological polar surface area (TPSA) is 38.7 Å². The van der Waals surface area contributed by atoms with Gasteiger partial charge >= 0.3 is 0 Å². The molecule has 0 aromatic rings. The Bertz CT molecular complexity index is 397. The van der Waals surface area contributed by atoms with E-state index in [1.54, 1.807) is 7.11 Å². The van der Waals surface area contributed by atoms with Gasteiger partial charge in [0.2, 0.25) is 0 Å². The average molecular weight is 290 g/mol. The summed E-state index contributed by atoms with van der Waals surface area (Å²) in [5.74, 6) is -2.36. The monoisotopic (exact) mass is 290 g/mol. The molecule has 4 rings (SSSR count). The number of alkyl halides is 2. The summed E-state index contributed by atoms with van der Waals surface area (Å²) >= 11 is 0. The smallest absolute Gasteiger partial charge is 0.268 e. The molecule has 4 fully saturated rings. The zero-order valence-corrected chi connectivity index (χ0v) is 12.3. The largest absolute Gasteiger partial charge is 0.390 e. The number of rotatable bonds is 5. The van der Waals surface area contributed by atoms with Gasteiger partial charge in [-0.25, -0.2) is 8.78 Å². The molecule has 0 aromatic heterocycles. The fraction of sp³-hybridized carbons (Fsp3) is 1.00. The number of ether oxygens (including phenoxy) is 2. The summed E-state index contributed by atoms with van der Waals surface area (Å²) in [4.78, 5) is 0. The maximum Gasteiger partial charge on any atom is 0.268 e. The van der Waals surface area contributed by atoms with E-state index in [0.717, 1.165) is 32.6 Å². The zero-order valence-electron chi connectivity index (χ0n) is 12.3. The van der Waals surface area contributed by atoms with Gasteiger partial charge in [0.1, 0.15) is 6.61 Å². The van der Waals surface area contributed by atoms with Crippen LogP contribution in [-0.4, -0.2) is 42.6 Å². The van der Waals surface area contributed by atoms with E-state index in [2.05, 4.69) is 0 Å². The molecule has 1 N–H and O–H groups in total. The number of hydrogen-bond acceptors (Lipinski definition) is 3. The lowest BCUT2D eigenvalue weighted by molar-refractivity contribution is -0.251. The molecule has 0 spiro atoms. The molecule has 20 heavy (non-hydrogen) atoms. The third kappa shape index (κ3) is 2.60. The molecule has 0 aliphatic heterocycles. The average Bonchev–Trinajstić information content (AvgIpc) is 2.23. The Morgan fingerprint density at radius 3 is 2.55 bits per heavy atom. The number of methoxy groups -OCH3 is 1. The molecule has 4 bridgehead atoms. The van der Waals surface area contributed by atoms with Crippen molar-refractivity contribution >= 4 is 0 Å². The van der Waals surface area contributed by atoms with E-state index >= 15 is 0 Å². The number of halogens is 2. The fourth-order valence-electron chi connectivity index (χ4n) is 5.33. The van der Waals surface area contributed by atoms with Crippen LogP contribution in [0.3, 0.4) is 0 Å². The lowest BCUT2D eigenvalue weighted by Crippen LogP contribution is -2.64. The van der Waals surface area contributed by atoms with Crippen molar-refractivity contribution in [2.75, 3.05) is 20.3 Å². The summed E-state index contributed by atoms with van der Waals surface area (Å²) in [7, 11) is 1.70. The molecule has 4 unspecified atom stereocenters. The second-order valence-electron chi connectivity index (χ2n) is 7.68. The Morgan fingerprint density at radius 1 is 1.20 bits per heavy atom. The van der Waals surface area contributed by atoms with Crippen LogP contribution in [0.2, 0.25) is 0 Å². The van der Waals surface area contributed by atoms with Gasteiger partial charge in [-0.2, -0.15) is 0 Å². The first-order chi connectivity index (χ1) is 9.17. The minimum absolute atomic E-state index is 0.185. The van der Waals surface area contributed by atoms with Crippen LogP contribution in [0.1, 0.15) is 45.4 Å². The molecule has 0 heterocycles. The summed E-state index contributed by atoms with van der Waals surface area (Å²) in [6.07, 6.45) is 4.94. The van der Waals surface area contributed by atoms with Crippen molar-refractivity contribution < 1.29 is 23.4 Å². The SMILES string of the molecule is COC12CC3CC(O)(CC(COCC(C)(F)F)(C3)C1)C2. The molecular formula is C15H24F2O3. The van der Waals surface area contributed by atoms with Crippen LogP contribution in [0.5, 0.6) is 0 Å². The predicted molar refractivity (Wildman–Crippen MR) is 69.8 cm³/mol. The Hall–Kier alpha value is -0.260. The first-order valence-electron chi connectivity index (χ1n) is 7.41. The molecule has 0 aromatic carbocycles. The maximum absolute atomic E-state index is 12.9. The molecule has 0 amide bonds. The summed E-state index contributed by atoms with van der Waals surface area (Å²) in [5.41, 5.74) is -1.14. The Labute approximate surface area is 118 Å². The highest BCUT2D eigenvalue weighted by Gasteiger charge is 2.63. The van der Waals surface area contributed by atoms with Gasteiger partial charge in [0.05, 0.1) is 17.8 Å². The van der Waals surface area contributed by atoms with Crippen LogP contribution in [0, 0.1) is 11.3 Å². The molecule has 0 saturated heterocycles. The van der Waals surface area contributed by atoms with E-state index in [-0.39, 0.29) is 11.0 Å². The summed E-state index contributed by atoms with van der Waals surface area (Å²) in [6, 6.07) is 0. The Morgan fingerprint density at radius 2 is 1.95 bits per heavy atom. The van der Waals surface area contributed by atoms with Gasteiger partial charge < -0.3 is 14.6 Å². The van der Waals surface area contributed by atoms with Crippen molar-refractivity contribution in [3.8, 4) is 0 Å². The standard InChI is InChI=1S/C15H24F2O3/c1-12(16,17)9-20-10-13-3-11-4-14(18,6-13)8-15(5-11,7-13)19-2/h11,18H,3-10H2,1-2H3. The van der Waals surface area contributed by atoms with Gasteiger partial charge in [-0.3, -0.25) is 0 Å². The molecule has 0 radical (unpaired) electrons. The molecule has 116 valence electrons. The predicted octanol–water partition coefficient (Wildman–Crippen LogP) is 2.76. The first-order valence-corrected chi connectivity index (χ1v) is 7.41. The summed E-state index contributed by atoms with van der Waals surface area (Å²) < 4.78 is 36.8. The van der Waals surface area contributed by atoms with Crippen LogP contribution < -0.4 is 0 Å². The Kier molecular flexibility index (Phi) is 3.20. The minimum atomic E-state index is -2.79. The van der Waals surface area contributed by atoms with Gasteiger partial charge in [-0.15, -0.1) is 0 Å². The van der Waals surface area contributed by atoms with Gasteiger partial charge in [0, 0.05) is 20.5 Å². The van der Waals surface area contributed by atoms with E-state index in [1.807, 2.05) is 0 Å². The van der Waals surface area contributed by atoms with Crippen molar-refractivity contribution in [3.63, 3.8) is 0 Å². The summed E-state index contributed by atoms with van der Waals surface area (Å²) in [5, 5.41) is 10.7. The van der Waals surface area contributed by atoms with Crippen molar-refractivity contribution in [2.45, 2.75) is 62.6 Å². The van der Waals surface area contributed by atoms with Crippen LogP contribution in [0.25, 0.3) is 0 Å². The highest BCUT2D eigenvalue weighted by atomic mass is 19.3. The van der Waals surface area contributed by atoms with Crippen LogP contribution in [-0.2, 0) is 9.47 Å². The van der Waals surface area contributed by atoms with Crippen molar-refractivity contribution in [1.82, 2.24) is 0 Å². The molecule has 4 aliphatic rings. The fourth-order valence-corrected chi connectivity index (χ4v) is 5.33. The molecule has 5 heteroatoms. The van der Waals surface area contributed by atoms with E-state index in [1.165, 1.54) is 0 Å². The first kappa shape index (κ1) is 14.7. The third-order valence-electron chi connectivity index (χ3n) is 5.30. The molecule has 3 nitrogen and oxygen atoms in total. The van der Waals surface area contributed by atoms with Crippen LogP contribution >= 0.6 is 0 Å². The van der Waals surface area contributed by atoms with Crippen LogP contribution in [0.4, 0.5) is 8.78 Å². The second kappa shape index (κ2) is 4.37. The molecule has 4 saturated carbocycles. The number of aliphatic hydroxyl groups is 1. The quantitative estimate of drug-likeness (QED) is 0.846. The highest BCUT2D eigenvalue weighted by molar-refractivity contribution is 5.15. The third-order valence-corrected chi connectivity index (χ3v) is 5.30. The van der Waals surface area contributed by atoms with E-state index in [4.69, 9.17) is 9.47 Å². The van der Waals surface area contributed by atoms with E-state index in [0.29, 0.717) is 25.4 Å². The summed E-state index contributed by atoms with van der Waals surface area (Å²) in [6.45, 7) is 0.634. The minimum Gasteiger partial charge on any atom is -0.390 e. The van der Waals surface area contributed by atoms with Gasteiger partial charge in [0.15, 0.2) is 0 Å².